The Kier molecular flexibility index (Phi) is 4.20. The molecular weight excluding hydrogens is 272 g/mol. The number of benzene rings is 1. The van der Waals surface area contributed by atoms with Gasteiger partial charge in [-0.1, -0.05) is 12.1 Å². The van der Waals surface area contributed by atoms with E-state index in [9.17, 15) is 4.79 Å². The molecule has 0 saturated carbocycles. The number of aromatic nitrogens is 1. The van der Waals surface area contributed by atoms with Crippen LogP contribution in [-0.4, -0.2) is 16.1 Å². The highest BCUT2D eigenvalue weighted by Gasteiger charge is 2.23. The van der Waals surface area contributed by atoms with Crippen LogP contribution >= 0.6 is 11.3 Å². The van der Waals surface area contributed by atoms with Gasteiger partial charge in [-0.2, -0.15) is 0 Å². The fraction of sp³-hybridized carbons (Fsp3) is 0.333. The fourth-order valence-electron chi connectivity index (χ4n) is 1.85. The van der Waals surface area contributed by atoms with Crippen molar-refractivity contribution in [1.82, 2.24) is 10.3 Å². The van der Waals surface area contributed by atoms with Crippen molar-refractivity contribution in [3.05, 3.63) is 51.5 Å². The first kappa shape index (κ1) is 14.7. The summed E-state index contributed by atoms with van der Waals surface area (Å²) in [6.45, 7) is 6.73. The molecule has 1 aromatic carbocycles. The van der Waals surface area contributed by atoms with Crippen molar-refractivity contribution < 1.29 is 9.90 Å². The van der Waals surface area contributed by atoms with Gasteiger partial charge in [0.15, 0.2) is 0 Å². The second-order valence-electron chi connectivity index (χ2n) is 5.28. The minimum absolute atomic E-state index is 0.238. The molecule has 1 aromatic heterocycles. The molecule has 0 aliphatic heterocycles. The number of carbonyl (C=O) groups is 1. The van der Waals surface area contributed by atoms with Crippen LogP contribution in [0, 0.1) is 6.92 Å². The van der Waals surface area contributed by atoms with Gasteiger partial charge in [0.1, 0.15) is 5.01 Å². The number of carboxylic acids is 1. The molecule has 0 aliphatic carbocycles. The number of thiazole rings is 1. The molecule has 0 bridgehead atoms. The lowest BCUT2D eigenvalue weighted by Gasteiger charge is -2.24. The van der Waals surface area contributed by atoms with E-state index in [1.54, 1.807) is 29.5 Å². The summed E-state index contributed by atoms with van der Waals surface area (Å²) >= 11 is 1.63. The van der Waals surface area contributed by atoms with Gasteiger partial charge in [0.2, 0.25) is 0 Å². The quantitative estimate of drug-likeness (QED) is 0.888. The third-order valence-corrected chi connectivity index (χ3v) is 4.35. The normalized spacial score (nSPS) is 11.6. The number of rotatable bonds is 5. The smallest absolute Gasteiger partial charge is 0.335 e. The summed E-state index contributed by atoms with van der Waals surface area (Å²) in [7, 11) is 0. The number of nitrogens with zero attached hydrogens (tertiary/aromatic N) is 1. The van der Waals surface area contributed by atoms with E-state index >= 15 is 0 Å². The first-order valence-electron chi connectivity index (χ1n) is 6.38. The Morgan fingerprint density at radius 1 is 1.45 bits per heavy atom. The molecule has 5 heteroatoms. The lowest BCUT2D eigenvalue weighted by molar-refractivity contribution is 0.0696. The Bertz CT molecular complexity index is 620. The molecule has 0 amide bonds. The molecule has 0 unspecified atom stereocenters. The summed E-state index contributed by atoms with van der Waals surface area (Å²) in [6.07, 6.45) is 0. The molecule has 106 valence electrons. The van der Waals surface area contributed by atoms with Gasteiger partial charge in [-0.05, 0) is 38.5 Å². The summed E-state index contributed by atoms with van der Waals surface area (Å²) in [5.74, 6) is -0.901. The van der Waals surface area contributed by atoms with E-state index in [0.717, 1.165) is 16.3 Å². The Balaban J connectivity index is 2.08. The van der Waals surface area contributed by atoms with Crippen molar-refractivity contribution in [2.24, 2.45) is 0 Å². The van der Waals surface area contributed by atoms with E-state index in [1.165, 1.54) is 0 Å². The predicted molar refractivity (Wildman–Crippen MR) is 80.1 cm³/mol. The predicted octanol–water partition coefficient (Wildman–Crippen LogP) is 3.17. The van der Waals surface area contributed by atoms with E-state index in [4.69, 9.17) is 5.11 Å². The Labute approximate surface area is 122 Å². The van der Waals surface area contributed by atoms with Gasteiger partial charge in [-0.15, -0.1) is 11.3 Å². The Morgan fingerprint density at radius 2 is 2.20 bits per heavy atom. The summed E-state index contributed by atoms with van der Waals surface area (Å²) < 4.78 is 0. The second-order valence-corrected chi connectivity index (χ2v) is 6.14. The molecule has 0 spiro atoms. The van der Waals surface area contributed by atoms with Gasteiger partial charge < -0.3 is 10.4 Å². The van der Waals surface area contributed by atoms with Crippen molar-refractivity contribution in [2.75, 3.05) is 0 Å². The molecule has 0 saturated heterocycles. The van der Waals surface area contributed by atoms with Gasteiger partial charge in [0.25, 0.3) is 0 Å². The maximum atomic E-state index is 10.9. The third kappa shape index (κ3) is 3.43. The summed E-state index contributed by atoms with van der Waals surface area (Å²) in [5, 5.41) is 15.5. The number of aryl methyl sites for hydroxylation is 1. The average Bonchev–Trinajstić information content (AvgIpc) is 2.84. The number of aromatic carboxylic acids is 1. The van der Waals surface area contributed by atoms with Crippen LogP contribution in [0.5, 0.6) is 0 Å². The molecule has 20 heavy (non-hydrogen) atoms. The van der Waals surface area contributed by atoms with Crippen LogP contribution in [0.3, 0.4) is 0 Å². The van der Waals surface area contributed by atoms with Gasteiger partial charge in [0, 0.05) is 17.6 Å². The van der Waals surface area contributed by atoms with Crippen LogP contribution in [0.25, 0.3) is 0 Å². The van der Waals surface area contributed by atoms with Crippen LogP contribution in [0.1, 0.15) is 40.5 Å². The highest BCUT2D eigenvalue weighted by Crippen LogP contribution is 2.24. The molecule has 4 nitrogen and oxygen atoms in total. The standard InChI is InChI=1S/C15H18N2O2S/c1-10-9-20-14(17-10)15(2,3)16-8-11-5-4-6-12(7-11)13(18)19/h4-7,9,16H,8H2,1-3H3,(H,18,19). The minimum atomic E-state index is -0.901. The SMILES string of the molecule is Cc1csc(C(C)(C)NCc2cccc(C(=O)O)c2)n1. The number of nitrogens with one attached hydrogen (secondary N) is 1. The summed E-state index contributed by atoms with van der Waals surface area (Å²) in [5.41, 5.74) is 2.05. The van der Waals surface area contributed by atoms with Crippen molar-refractivity contribution in [3.63, 3.8) is 0 Å². The van der Waals surface area contributed by atoms with Crippen LogP contribution in [0.2, 0.25) is 0 Å². The lowest BCUT2D eigenvalue weighted by Crippen LogP contribution is -2.35. The monoisotopic (exact) mass is 290 g/mol. The lowest BCUT2D eigenvalue weighted by atomic mass is 10.1. The molecular formula is C15H18N2O2S. The molecule has 0 aliphatic rings. The average molecular weight is 290 g/mol. The van der Waals surface area contributed by atoms with Crippen molar-refractivity contribution >= 4 is 17.3 Å². The van der Waals surface area contributed by atoms with Crippen LogP contribution < -0.4 is 5.32 Å². The fourth-order valence-corrected chi connectivity index (χ4v) is 2.75. The van der Waals surface area contributed by atoms with Gasteiger partial charge in [-0.25, -0.2) is 9.78 Å². The van der Waals surface area contributed by atoms with Crippen molar-refractivity contribution in [3.8, 4) is 0 Å². The maximum Gasteiger partial charge on any atom is 0.335 e. The first-order valence-corrected chi connectivity index (χ1v) is 7.26. The number of hydrogen-bond acceptors (Lipinski definition) is 4. The van der Waals surface area contributed by atoms with E-state index in [0.29, 0.717) is 12.1 Å². The summed E-state index contributed by atoms with van der Waals surface area (Å²) in [6, 6.07) is 6.98. The molecule has 2 rings (SSSR count). The van der Waals surface area contributed by atoms with Crippen molar-refractivity contribution in [1.29, 1.82) is 0 Å². The van der Waals surface area contributed by atoms with Crippen LogP contribution in [-0.2, 0) is 12.1 Å². The first-order chi connectivity index (χ1) is 9.38. The number of carboxylic acid groups (broad SMARTS) is 1. The van der Waals surface area contributed by atoms with E-state index in [1.807, 2.05) is 18.4 Å². The third-order valence-electron chi connectivity index (χ3n) is 3.06. The Hall–Kier alpha value is -1.72. The molecule has 2 N–H and O–H groups in total. The molecule has 2 aromatic rings. The van der Waals surface area contributed by atoms with E-state index < -0.39 is 5.97 Å². The molecule has 0 radical (unpaired) electrons. The summed E-state index contributed by atoms with van der Waals surface area (Å²) in [4.78, 5) is 15.5. The van der Waals surface area contributed by atoms with E-state index in [2.05, 4.69) is 24.1 Å². The minimum Gasteiger partial charge on any atom is -0.478 e. The Morgan fingerprint density at radius 3 is 2.80 bits per heavy atom. The number of hydrogen-bond donors (Lipinski definition) is 2. The molecule has 0 fully saturated rings. The van der Waals surface area contributed by atoms with Crippen LogP contribution in [0.15, 0.2) is 29.6 Å². The maximum absolute atomic E-state index is 10.9. The second kappa shape index (κ2) is 5.73. The largest absolute Gasteiger partial charge is 0.478 e. The zero-order valence-corrected chi connectivity index (χ0v) is 12.6. The van der Waals surface area contributed by atoms with Gasteiger partial charge >= 0.3 is 5.97 Å². The van der Waals surface area contributed by atoms with Crippen LogP contribution in [0.4, 0.5) is 0 Å². The zero-order chi connectivity index (χ0) is 14.8. The van der Waals surface area contributed by atoms with E-state index in [-0.39, 0.29) is 5.54 Å². The van der Waals surface area contributed by atoms with Gasteiger partial charge in [0.05, 0.1) is 11.1 Å². The highest BCUT2D eigenvalue weighted by molar-refractivity contribution is 7.09. The van der Waals surface area contributed by atoms with Gasteiger partial charge in [-0.3, -0.25) is 0 Å². The zero-order valence-electron chi connectivity index (χ0n) is 11.8. The topological polar surface area (TPSA) is 62.2 Å². The highest BCUT2D eigenvalue weighted by atomic mass is 32.1. The molecule has 1 heterocycles. The van der Waals surface area contributed by atoms with Crippen molar-refractivity contribution in [2.45, 2.75) is 32.9 Å². The molecule has 0 atom stereocenters.